The lowest BCUT2D eigenvalue weighted by Gasteiger charge is -2.41. The molecule has 0 amide bonds. The molecular formula is C64H46BN3O. The Balaban J connectivity index is 1.21. The number of furan rings is 1. The number of nitrogens with zero attached hydrogens (tertiary/aromatic N) is 3. The van der Waals surface area contributed by atoms with E-state index < -0.39 is 0 Å². The first-order chi connectivity index (χ1) is 33.5. The molecule has 0 N–H and O–H groups in total. The highest BCUT2D eigenvalue weighted by Crippen LogP contribution is 2.54. The second-order valence-electron chi connectivity index (χ2n) is 22.0. The predicted octanol–water partition coefficient (Wildman–Crippen LogP) is 16.2. The van der Waals surface area contributed by atoms with E-state index in [4.69, 9.17) is 4.42 Å². The van der Waals surface area contributed by atoms with Gasteiger partial charge < -0.3 is 18.2 Å². The fraction of sp³-hybridized carbons (Fsp3) is 0.125. The van der Waals surface area contributed by atoms with Gasteiger partial charge in [0, 0.05) is 82.3 Å². The molecule has 0 unspecified atom stereocenters. The minimum Gasteiger partial charge on any atom is -0.455 e. The molecule has 0 saturated heterocycles. The van der Waals surface area contributed by atoms with Gasteiger partial charge in [-0.1, -0.05) is 157 Å². The molecular weight excluding hydrogens is 838 g/mol. The van der Waals surface area contributed by atoms with Crippen molar-refractivity contribution >= 4 is 138 Å². The average Bonchev–Trinajstić information content (AvgIpc) is 4.10. The maximum atomic E-state index is 7.28. The normalized spacial score (nSPS) is 13.9. The molecule has 14 aromatic rings. The summed E-state index contributed by atoms with van der Waals surface area (Å²) in [7, 11) is 0. The number of benzene rings is 10. The van der Waals surface area contributed by atoms with Crippen LogP contribution in [0.4, 0.5) is 17.1 Å². The van der Waals surface area contributed by atoms with Crippen LogP contribution in [0.15, 0.2) is 174 Å². The summed E-state index contributed by atoms with van der Waals surface area (Å²) in [6.07, 6.45) is 0. The summed E-state index contributed by atoms with van der Waals surface area (Å²) in [5.74, 6) is 0. The number of hydrogen-bond acceptors (Lipinski definition) is 2. The second-order valence-corrected chi connectivity index (χ2v) is 22.0. The zero-order valence-electron chi connectivity index (χ0n) is 39.5. The van der Waals surface area contributed by atoms with Crippen LogP contribution in [0, 0.1) is 0 Å². The summed E-state index contributed by atoms with van der Waals surface area (Å²) >= 11 is 0. The van der Waals surface area contributed by atoms with E-state index in [0.29, 0.717) is 0 Å². The number of para-hydroxylation sites is 3. The molecule has 0 bridgehead atoms. The standard InChI is InChI=1S/C64H46BN3O/c1-63(2,3)37-30-38(64(4,5)6)32-39(31-37)66-51-33-45-42-21-11-14-24-48(42)67-49-25-15-12-23-44(49)56(60(45)67)58(51)65-59-52(66)34-46-43-22-13-16-26-53(43)69-62(46)57(59)47-29-36-18-8-10-20-41(36)55-54-40-19-9-7-17-35(40)27-28-50(54)68(65)61(47)55/h7-34H,1-6H3. The minimum atomic E-state index is -0.210. The molecule has 4 nitrogen and oxygen atoms in total. The summed E-state index contributed by atoms with van der Waals surface area (Å²) in [5, 5.41) is 15.0. The van der Waals surface area contributed by atoms with Gasteiger partial charge in [0.05, 0.1) is 16.6 Å². The van der Waals surface area contributed by atoms with E-state index in [9.17, 15) is 0 Å². The topological polar surface area (TPSA) is 25.7 Å². The van der Waals surface area contributed by atoms with Crippen molar-refractivity contribution in [1.29, 1.82) is 0 Å². The van der Waals surface area contributed by atoms with Crippen LogP contribution in [-0.4, -0.2) is 15.7 Å². The first-order valence-electron chi connectivity index (χ1n) is 24.5. The molecule has 0 aliphatic carbocycles. The van der Waals surface area contributed by atoms with Crippen molar-refractivity contribution in [2.75, 3.05) is 4.90 Å². The van der Waals surface area contributed by atoms with E-state index in [1.807, 2.05) is 0 Å². The monoisotopic (exact) mass is 883 g/mol. The molecule has 2 aliphatic heterocycles. The van der Waals surface area contributed by atoms with Crippen molar-refractivity contribution in [3.63, 3.8) is 0 Å². The maximum absolute atomic E-state index is 7.28. The molecule has 16 rings (SSSR count). The Hall–Kier alpha value is -8.02. The number of aromatic nitrogens is 2. The number of fused-ring (bicyclic) bond motifs is 22. The maximum Gasteiger partial charge on any atom is 0.333 e. The lowest BCUT2D eigenvalue weighted by molar-refractivity contribution is 0.569. The fourth-order valence-corrected chi connectivity index (χ4v) is 13.1. The Morgan fingerprint density at radius 3 is 1.77 bits per heavy atom. The van der Waals surface area contributed by atoms with Crippen LogP contribution in [0.25, 0.3) is 115 Å². The first kappa shape index (κ1) is 38.0. The molecule has 0 atom stereocenters. The minimum absolute atomic E-state index is 0.0931. The van der Waals surface area contributed by atoms with Crippen LogP contribution in [0.5, 0.6) is 0 Å². The van der Waals surface area contributed by atoms with Crippen molar-refractivity contribution in [1.82, 2.24) is 8.88 Å². The van der Waals surface area contributed by atoms with Crippen molar-refractivity contribution < 1.29 is 4.42 Å². The molecule has 0 spiro atoms. The van der Waals surface area contributed by atoms with Crippen LogP contribution in [0.2, 0.25) is 0 Å². The van der Waals surface area contributed by atoms with E-state index in [1.165, 1.54) is 132 Å². The Labute approximate surface area is 399 Å². The second kappa shape index (κ2) is 12.5. The van der Waals surface area contributed by atoms with Gasteiger partial charge in [0.1, 0.15) is 11.2 Å². The van der Waals surface area contributed by atoms with Gasteiger partial charge in [-0.25, -0.2) is 0 Å². The first-order valence-corrected chi connectivity index (χ1v) is 24.5. The highest BCUT2D eigenvalue weighted by molar-refractivity contribution is 6.92. The van der Waals surface area contributed by atoms with Crippen LogP contribution in [0.1, 0.15) is 52.7 Å². The van der Waals surface area contributed by atoms with Crippen LogP contribution in [0.3, 0.4) is 0 Å². The van der Waals surface area contributed by atoms with Crippen molar-refractivity contribution in [3.05, 3.63) is 181 Å². The van der Waals surface area contributed by atoms with Crippen molar-refractivity contribution in [3.8, 4) is 11.1 Å². The van der Waals surface area contributed by atoms with Crippen molar-refractivity contribution in [2.24, 2.45) is 0 Å². The molecule has 0 fully saturated rings. The highest BCUT2D eigenvalue weighted by Gasteiger charge is 2.47. The number of rotatable bonds is 1. The van der Waals surface area contributed by atoms with Crippen molar-refractivity contribution in [2.45, 2.75) is 52.4 Å². The van der Waals surface area contributed by atoms with E-state index in [1.54, 1.807) is 0 Å². The third kappa shape index (κ3) is 4.66. The van der Waals surface area contributed by atoms with E-state index >= 15 is 0 Å². The van der Waals surface area contributed by atoms with Crippen LogP contribution in [-0.2, 0) is 10.8 Å². The Bertz CT molecular complexity index is 4610. The fourth-order valence-electron chi connectivity index (χ4n) is 13.1. The Morgan fingerprint density at radius 1 is 0.435 bits per heavy atom. The number of anilines is 3. The molecule has 4 aromatic heterocycles. The van der Waals surface area contributed by atoms with Crippen LogP contribution >= 0.6 is 0 Å². The molecule has 5 heteroatoms. The Kier molecular flexibility index (Phi) is 6.91. The SMILES string of the molecule is CC(C)(C)c1cc(N2c3cc4c(oc5ccccc54)c4c3B(c3c2cc2c5ccccc5n5c6ccccc6c3c25)n2c3ccc5ccccc5c3c3c5ccccc5cc-4c32)cc(C(C)(C)C)c1. The summed E-state index contributed by atoms with van der Waals surface area (Å²) in [5.41, 5.74) is 19.2. The molecule has 0 saturated carbocycles. The van der Waals surface area contributed by atoms with Gasteiger partial charge in [-0.15, -0.1) is 0 Å². The smallest absolute Gasteiger partial charge is 0.333 e. The zero-order valence-corrected chi connectivity index (χ0v) is 39.5. The third-order valence-corrected chi connectivity index (χ3v) is 16.2. The van der Waals surface area contributed by atoms with E-state index in [2.05, 4.69) is 225 Å². The predicted molar refractivity (Wildman–Crippen MR) is 294 cm³/mol. The molecule has 0 radical (unpaired) electrons. The largest absolute Gasteiger partial charge is 0.455 e. The highest BCUT2D eigenvalue weighted by atomic mass is 16.3. The quantitative estimate of drug-likeness (QED) is 0.154. The molecule has 69 heavy (non-hydrogen) atoms. The molecule has 2 aliphatic rings. The Morgan fingerprint density at radius 2 is 1.03 bits per heavy atom. The van der Waals surface area contributed by atoms with Gasteiger partial charge in [0.15, 0.2) is 0 Å². The van der Waals surface area contributed by atoms with E-state index in [-0.39, 0.29) is 17.7 Å². The lowest BCUT2D eigenvalue weighted by atomic mass is 9.44. The van der Waals surface area contributed by atoms with Gasteiger partial charge in [-0.05, 0) is 109 Å². The third-order valence-electron chi connectivity index (χ3n) is 16.2. The van der Waals surface area contributed by atoms with Gasteiger partial charge in [-0.3, -0.25) is 0 Å². The van der Waals surface area contributed by atoms with Gasteiger partial charge in [0.25, 0.3) is 0 Å². The number of hydrogen-bond donors (Lipinski definition) is 0. The van der Waals surface area contributed by atoms with E-state index in [0.717, 1.165) is 21.9 Å². The summed E-state index contributed by atoms with van der Waals surface area (Å²) in [4.78, 5) is 2.67. The summed E-state index contributed by atoms with van der Waals surface area (Å²) < 4.78 is 12.6. The molecule has 326 valence electrons. The molecule has 6 heterocycles. The zero-order chi connectivity index (χ0) is 46.0. The van der Waals surface area contributed by atoms with Gasteiger partial charge in [0.2, 0.25) is 0 Å². The lowest BCUT2D eigenvalue weighted by Crippen LogP contribution is -2.57. The summed E-state index contributed by atoms with van der Waals surface area (Å²) in [6.45, 7) is 13.9. The molecule has 10 aromatic carbocycles. The van der Waals surface area contributed by atoms with Crippen LogP contribution < -0.4 is 15.8 Å². The van der Waals surface area contributed by atoms with Gasteiger partial charge >= 0.3 is 6.85 Å². The summed E-state index contributed by atoms with van der Waals surface area (Å²) in [6, 6.07) is 64.6. The average molecular weight is 884 g/mol. The van der Waals surface area contributed by atoms with Gasteiger partial charge in [-0.2, -0.15) is 0 Å².